The van der Waals surface area contributed by atoms with E-state index in [9.17, 15) is 18.4 Å². The second kappa shape index (κ2) is 10.9. The zero-order chi connectivity index (χ0) is 21.5. The van der Waals surface area contributed by atoms with Crippen molar-refractivity contribution in [2.75, 3.05) is 25.6 Å². The van der Waals surface area contributed by atoms with Gasteiger partial charge in [-0.25, -0.2) is 0 Å². The number of methoxy groups -OCH3 is 1. The van der Waals surface area contributed by atoms with Gasteiger partial charge in [0.05, 0.1) is 5.56 Å². The van der Waals surface area contributed by atoms with Crippen LogP contribution in [0.2, 0.25) is 0 Å². The van der Waals surface area contributed by atoms with E-state index in [1.54, 1.807) is 7.11 Å². The number of aryl methyl sites for hydroxylation is 1. The smallest absolute Gasteiger partial charge is 0.288 e. The van der Waals surface area contributed by atoms with Crippen molar-refractivity contribution in [3.05, 3.63) is 45.8 Å². The number of thioether (sulfide) groups is 1. The molecule has 1 aliphatic rings. The number of anilines is 1. The van der Waals surface area contributed by atoms with E-state index in [1.165, 1.54) is 35.6 Å². The third-order valence-electron chi connectivity index (χ3n) is 4.78. The van der Waals surface area contributed by atoms with Gasteiger partial charge in [-0.15, -0.1) is 11.3 Å². The summed E-state index contributed by atoms with van der Waals surface area (Å²) in [6.45, 7) is 1.05. The lowest BCUT2D eigenvalue weighted by Gasteiger charge is -2.13. The molecule has 1 aromatic carbocycles. The monoisotopic (exact) mass is 454 g/mol. The quantitative estimate of drug-likeness (QED) is 0.415. The van der Waals surface area contributed by atoms with E-state index in [1.807, 2.05) is 0 Å². The van der Waals surface area contributed by atoms with Gasteiger partial charge >= 0.3 is 0 Å². The first kappa shape index (κ1) is 22.7. The topological polar surface area (TPSA) is 67.4 Å². The molecule has 1 heterocycles. The van der Waals surface area contributed by atoms with Gasteiger partial charge in [0.15, 0.2) is 0 Å². The summed E-state index contributed by atoms with van der Waals surface area (Å²) in [5.41, 5.74) is 1.92. The van der Waals surface area contributed by atoms with Crippen molar-refractivity contribution in [2.24, 2.45) is 0 Å². The minimum Gasteiger partial charge on any atom is -0.385 e. The largest absolute Gasteiger partial charge is 0.385 e. The van der Waals surface area contributed by atoms with Crippen LogP contribution in [0.3, 0.4) is 0 Å². The van der Waals surface area contributed by atoms with Gasteiger partial charge in [-0.05, 0) is 61.9 Å². The SMILES string of the molecule is COCCCNC(=O)c1c(NC(=O)c2ccc(SC(F)F)cc2)sc2c1CCCC2. The normalized spacial score (nSPS) is 13.2. The molecule has 2 amide bonds. The zero-order valence-electron chi connectivity index (χ0n) is 16.6. The molecule has 5 nitrogen and oxygen atoms in total. The van der Waals surface area contributed by atoms with Crippen LogP contribution in [0, 0.1) is 0 Å². The lowest BCUT2D eigenvalue weighted by molar-refractivity contribution is 0.0948. The number of alkyl halides is 2. The maximum absolute atomic E-state index is 12.9. The molecular formula is C21H24F2N2O3S2. The summed E-state index contributed by atoms with van der Waals surface area (Å²) >= 11 is 1.88. The number of fused-ring (bicyclic) bond motifs is 1. The van der Waals surface area contributed by atoms with E-state index in [4.69, 9.17) is 4.74 Å². The second-order valence-electron chi connectivity index (χ2n) is 6.87. The Kier molecular flexibility index (Phi) is 8.24. The van der Waals surface area contributed by atoms with Gasteiger partial charge in [-0.1, -0.05) is 11.8 Å². The average molecular weight is 455 g/mol. The minimum atomic E-state index is -2.51. The summed E-state index contributed by atoms with van der Waals surface area (Å²) in [4.78, 5) is 27.1. The second-order valence-corrected chi connectivity index (χ2v) is 9.04. The number of carbonyl (C=O) groups excluding carboxylic acids is 2. The molecule has 0 atom stereocenters. The maximum atomic E-state index is 12.9. The van der Waals surface area contributed by atoms with Crippen LogP contribution in [0.25, 0.3) is 0 Å². The highest BCUT2D eigenvalue weighted by atomic mass is 32.2. The standard InChI is InChI=1S/C21H24F2N2O3S2/c1-28-12-4-11-24-19(27)17-15-5-2-3-6-16(15)30-20(17)25-18(26)13-7-9-14(10-8-13)29-21(22)23/h7-10,21H,2-6,11-12H2,1H3,(H,24,27)(H,25,26). The van der Waals surface area contributed by atoms with E-state index < -0.39 is 5.76 Å². The van der Waals surface area contributed by atoms with E-state index in [0.717, 1.165) is 36.1 Å². The average Bonchev–Trinajstić information content (AvgIpc) is 3.09. The van der Waals surface area contributed by atoms with Crippen molar-refractivity contribution in [1.82, 2.24) is 5.32 Å². The molecule has 0 fully saturated rings. The predicted molar refractivity (Wildman–Crippen MR) is 116 cm³/mol. The predicted octanol–water partition coefficient (Wildman–Crippen LogP) is 4.96. The number of nitrogens with one attached hydrogen (secondary N) is 2. The molecule has 30 heavy (non-hydrogen) atoms. The molecule has 2 N–H and O–H groups in total. The van der Waals surface area contributed by atoms with Crippen molar-refractivity contribution in [3.63, 3.8) is 0 Å². The highest BCUT2D eigenvalue weighted by Gasteiger charge is 2.26. The van der Waals surface area contributed by atoms with Gasteiger partial charge in [0.1, 0.15) is 5.00 Å². The Hall–Kier alpha value is -1.97. The summed E-state index contributed by atoms with van der Waals surface area (Å²) in [7, 11) is 1.61. The van der Waals surface area contributed by atoms with Crippen molar-refractivity contribution in [3.8, 4) is 0 Å². The number of ether oxygens (including phenoxy) is 1. The molecule has 0 unspecified atom stereocenters. The molecule has 9 heteroatoms. The lowest BCUT2D eigenvalue weighted by atomic mass is 9.95. The highest BCUT2D eigenvalue weighted by Crippen LogP contribution is 2.38. The lowest BCUT2D eigenvalue weighted by Crippen LogP contribution is -2.27. The van der Waals surface area contributed by atoms with E-state index in [-0.39, 0.29) is 11.8 Å². The zero-order valence-corrected chi connectivity index (χ0v) is 18.3. The Bertz CT molecular complexity index is 885. The maximum Gasteiger partial charge on any atom is 0.288 e. The van der Waals surface area contributed by atoms with E-state index in [0.29, 0.717) is 52.4 Å². The summed E-state index contributed by atoms with van der Waals surface area (Å²) < 4.78 is 30.0. The summed E-state index contributed by atoms with van der Waals surface area (Å²) in [6.07, 6.45) is 4.52. The highest BCUT2D eigenvalue weighted by molar-refractivity contribution is 7.99. The van der Waals surface area contributed by atoms with Gasteiger partial charge in [0.2, 0.25) is 0 Å². The fourth-order valence-corrected chi connectivity index (χ4v) is 5.14. The molecule has 3 rings (SSSR count). The molecule has 2 aromatic rings. The van der Waals surface area contributed by atoms with Crippen molar-refractivity contribution < 1.29 is 23.1 Å². The Morgan fingerprint density at radius 1 is 1.17 bits per heavy atom. The number of halogens is 2. The third-order valence-corrected chi connectivity index (χ3v) is 6.71. The molecule has 0 radical (unpaired) electrons. The van der Waals surface area contributed by atoms with Crippen molar-refractivity contribution >= 4 is 39.9 Å². The van der Waals surface area contributed by atoms with Crippen molar-refractivity contribution in [1.29, 1.82) is 0 Å². The first-order valence-corrected chi connectivity index (χ1v) is 11.5. The van der Waals surface area contributed by atoms with Crippen LogP contribution in [0.4, 0.5) is 13.8 Å². The Morgan fingerprint density at radius 3 is 2.60 bits per heavy atom. The van der Waals surface area contributed by atoms with Crippen LogP contribution in [-0.2, 0) is 17.6 Å². The Morgan fingerprint density at radius 2 is 1.90 bits per heavy atom. The number of amides is 2. The number of thiophene rings is 1. The number of hydrogen-bond acceptors (Lipinski definition) is 5. The fraction of sp³-hybridized carbons (Fsp3) is 0.429. The summed E-state index contributed by atoms with van der Waals surface area (Å²) in [5, 5.41) is 6.32. The molecule has 0 saturated heterocycles. The number of hydrogen-bond donors (Lipinski definition) is 2. The summed E-state index contributed by atoms with van der Waals surface area (Å²) in [6, 6.07) is 6.01. The number of carbonyl (C=O) groups is 2. The number of rotatable bonds is 9. The fourth-order valence-electron chi connectivity index (χ4n) is 3.36. The minimum absolute atomic E-state index is 0.190. The third kappa shape index (κ3) is 5.80. The molecule has 162 valence electrons. The molecule has 0 saturated carbocycles. The molecule has 1 aromatic heterocycles. The van der Waals surface area contributed by atoms with Crippen LogP contribution in [-0.4, -0.2) is 37.8 Å². The first-order valence-electron chi connectivity index (χ1n) is 9.77. The van der Waals surface area contributed by atoms with E-state index in [2.05, 4.69) is 10.6 Å². The molecule has 1 aliphatic carbocycles. The Labute approximate surface area is 182 Å². The molecular weight excluding hydrogens is 430 g/mol. The molecule has 0 bridgehead atoms. The number of benzene rings is 1. The van der Waals surface area contributed by atoms with Crippen LogP contribution < -0.4 is 10.6 Å². The van der Waals surface area contributed by atoms with Gasteiger partial charge in [-0.3, -0.25) is 9.59 Å². The van der Waals surface area contributed by atoms with Crippen LogP contribution in [0.15, 0.2) is 29.2 Å². The van der Waals surface area contributed by atoms with Crippen LogP contribution in [0.5, 0.6) is 0 Å². The van der Waals surface area contributed by atoms with Gasteiger partial charge < -0.3 is 15.4 Å². The molecule has 0 spiro atoms. The molecule has 0 aliphatic heterocycles. The Balaban J connectivity index is 1.76. The van der Waals surface area contributed by atoms with Gasteiger partial charge in [0, 0.05) is 35.6 Å². The van der Waals surface area contributed by atoms with Crippen LogP contribution >= 0.6 is 23.1 Å². The first-order chi connectivity index (χ1) is 14.5. The summed E-state index contributed by atoms with van der Waals surface area (Å²) in [5.74, 6) is -3.06. The van der Waals surface area contributed by atoms with Crippen molar-refractivity contribution in [2.45, 2.75) is 42.8 Å². The van der Waals surface area contributed by atoms with Gasteiger partial charge in [-0.2, -0.15) is 8.78 Å². The van der Waals surface area contributed by atoms with Crippen LogP contribution in [0.1, 0.15) is 50.4 Å². The van der Waals surface area contributed by atoms with E-state index >= 15 is 0 Å². The van der Waals surface area contributed by atoms with Gasteiger partial charge in [0.25, 0.3) is 17.6 Å².